The summed E-state index contributed by atoms with van der Waals surface area (Å²) >= 11 is 1.28. The molecule has 0 saturated heterocycles. The fourth-order valence-electron chi connectivity index (χ4n) is 0.553. The Morgan fingerprint density at radius 3 is 2.89 bits per heavy atom. The second-order valence-electron chi connectivity index (χ2n) is 1.64. The van der Waals surface area contributed by atoms with Crippen LogP contribution in [-0.4, -0.2) is 11.0 Å². The van der Waals surface area contributed by atoms with Crippen molar-refractivity contribution in [3.63, 3.8) is 0 Å². The molecule has 1 heterocycles. The van der Waals surface area contributed by atoms with Gasteiger partial charge in [-0.15, -0.1) is 0 Å². The number of hydrogen-bond donors (Lipinski definition) is 1. The lowest BCUT2D eigenvalue weighted by atomic mass is 10.5. The van der Waals surface area contributed by atoms with Gasteiger partial charge < -0.3 is 9.52 Å². The van der Waals surface area contributed by atoms with Crippen molar-refractivity contribution in [1.29, 1.82) is 0 Å². The van der Waals surface area contributed by atoms with Crippen LogP contribution in [0.3, 0.4) is 0 Å². The van der Waals surface area contributed by atoms with Gasteiger partial charge in [-0.05, 0) is 19.1 Å². The number of aliphatic hydroxyl groups excluding tert-OH is 1. The lowest BCUT2D eigenvalue weighted by molar-refractivity contribution is 0.370. The van der Waals surface area contributed by atoms with Crippen LogP contribution in [0.2, 0.25) is 0 Å². The lowest BCUT2D eigenvalue weighted by Crippen LogP contribution is -1.68. The first-order valence-electron chi connectivity index (χ1n) is 2.63. The largest absolute Gasteiger partial charge is 0.455 e. The Morgan fingerprint density at radius 2 is 2.44 bits per heavy atom. The van der Waals surface area contributed by atoms with Gasteiger partial charge in [-0.25, -0.2) is 0 Å². The van der Waals surface area contributed by atoms with Crippen molar-refractivity contribution in [2.75, 3.05) is 5.94 Å². The highest BCUT2D eigenvalue weighted by atomic mass is 32.2. The van der Waals surface area contributed by atoms with E-state index in [2.05, 4.69) is 0 Å². The van der Waals surface area contributed by atoms with E-state index in [4.69, 9.17) is 9.52 Å². The Kier molecular flexibility index (Phi) is 2.19. The molecule has 0 amide bonds. The van der Waals surface area contributed by atoms with Gasteiger partial charge in [0.05, 0.1) is 5.94 Å². The maximum Gasteiger partial charge on any atom is 0.162 e. The zero-order valence-corrected chi connectivity index (χ0v) is 5.94. The summed E-state index contributed by atoms with van der Waals surface area (Å²) < 4.78 is 5.13. The van der Waals surface area contributed by atoms with Gasteiger partial charge in [0, 0.05) is 0 Å². The SMILES string of the molecule is Cc1ccc(SCO)o1. The summed E-state index contributed by atoms with van der Waals surface area (Å²) in [6, 6.07) is 3.72. The summed E-state index contributed by atoms with van der Waals surface area (Å²) in [5.74, 6) is 0.957. The van der Waals surface area contributed by atoms with Gasteiger partial charge in [-0.3, -0.25) is 0 Å². The van der Waals surface area contributed by atoms with Crippen molar-refractivity contribution < 1.29 is 9.52 Å². The van der Waals surface area contributed by atoms with Gasteiger partial charge in [0.25, 0.3) is 0 Å². The molecule has 0 unspecified atom stereocenters. The quantitative estimate of drug-likeness (QED) is 0.506. The Labute approximate surface area is 57.9 Å². The number of rotatable bonds is 2. The molecule has 50 valence electrons. The van der Waals surface area contributed by atoms with Crippen molar-refractivity contribution in [2.45, 2.75) is 12.0 Å². The molecule has 0 bridgehead atoms. The van der Waals surface area contributed by atoms with E-state index in [1.54, 1.807) is 0 Å². The predicted octanol–water partition coefficient (Wildman–Crippen LogP) is 1.63. The second kappa shape index (κ2) is 2.94. The molecule has 0 atom stereocenters. The van der Waals surface area contributed by atoms with Gasteiger partial charge in [0.2, 0.25) is 0 Å². The summed E-state index contributed by atoms with van der Waals surface area (Å²) in [5, 5.41) is 9.21. The highest BCUT2D eigenvalue weighted by molar-refractivity contribution is 7.99. The Hall–Kier alpha value is -0.410. The van der Waals surface area contributed by atoms with Gasteiger partial charge in [-0.1, -0.05) is 11.8 Å². The molecule has 1 aromatic rings. The first-order chi connectivity index (χ1) is 4.33. The van der Waals surface area contributed by atoms with Crippen molar-refractivity contribution in [1.82, 2.24) is 0 Å². The molecule has 0 saturated carbocycles. The van der Waals surface area contributed by atoms with Crippen molar-refractivity contribution in [2.24, 2.45) is 0 Å². The number of hydrogen-bond acceptors (Lipinski definition) is 3. The molecule has 0 radical (unpaired) electrons. The van der Waals surface area contributed by atoms with E-state index < -0.39 is 0 Å². The average Bonchev–Trinajstić information content (AvgIpc) is 2.17. The maximum absolute atomic E-state index is 8.43. The van der Waals surface area contributed by atoms with Crippen LogP contribution in [0, 0.1) is 6.92 Å². The maximum atomic E-state index is 8.43. The number of aliphatic hydroxyl groups is 1. The van der Waals surface area contributed by atoms with E-state index in [0.29, 0.717) is 0 Å². The third kappa shape index (κ3) is 1.77. The summed E-state index contributed by atoms with van der Waals surface area (Å²) in [6.07, 6.45) is 0. The summed E-state index contributed by atoms with van der Waals surface area (Å²) in [5.41, 5.74) is 0. The van der Waals surface area contributed by atoms with Crippen LogP contribution in [0.15, 0.2) is 21.6 Å². The van der Waals surface area contributed by atoms with Crippen LogP contribution in [0.5, 0.6) is 0 Å². The highest BCUT2D eigenvalue weighted by Gasteiger charge is 1.95. The van der Waals surface area contributed by atoms with Crippen molar-refractivity contribution in [3.05, 3.63) is 17.9 Å². The molecular formula is C6H8O2S. The minimum atomic E-state index is 0.0763. The van der Waals surface area contributed by atoms with E-state index in [1.807, 2.05) is 19.1 Å². The van der Waals surface area contributed by atoms with Crippen LogP contribution in [0.25, 0.3) is 0 Å². The minimum absolute atomic E-state index is 0.0763. The predicted molar refractivity (Wildman–Crippen MR) is 36.4 cm³/mol. The molecule has 9 heavy (non-hydrogen) atoms. The summed E-state index contributed by atoms with van der Waals surface area (Å²) in [6.45, 7) is 1.88. The number of aryl methyl sites for hydroxylation is 1. The molecule has 1 aromatic heterocycles. The molecule has 3 heteroatoms. The zero-order valence-electron chi connectivity index (χ0n) is 5.13. The molecule has 0 aliphatic rings. The van der Waals surface area contributed by atoms with Crippen LogP contribution in [0.4, 0.5) is 0 Å². The smallest absolute Gasteiger partial charge is 0.162 e. The fourth-order valence-corrected chi connectivity index (χ4v) is 1.04. The summed E-state index contributed by atoms with van der Waals surface area (Å²) in [4.78, 5) is 0. The van der Waals surface area contributed by atoms with Gasteiger partial charge in [0.1, 0.15) is 5.76 Å². The molecule has 1 N–H and O–H groups in total. The van der Waals surface area contributed by atoms with Crippen LogP contribution < -0.4 is 0 Å². The Bertz CT molecular complexity index is 183. The second-order valence-corrected chi connectivity index (χ2v) is 2.59. The van der Waals surface area contributed by atoms with Gasteiger partial charge >= 0.3 is 0 Å². The van der Waals surface area contributed by atoms with Gasteiger partial charge in [-0.2, -0.15) is 0 Å². The molecule has 1 rings (SSSR count). The van der Waals surface area contributed by atoms with E-state index in [0.717, 1.165) is 10.9 Å². The van der Waals surface area contributed by atoms with E-state index in [9.17, 15) is 0 Å². The third-order valence-electron chi connectivity index (χ3n) is 0.923. The summed E-state index contributed by atoms with van der Waals surface area (Å²) in [7, 11) is 0. The number of thioether (sulfide) groups is 1. The van der Waals surface area contributed by atoms with Crippen molar-refractivity contribution in [3.8, 4) is 0 Å². The standard InChI is InChI=1S/C6H8O2S/c1-5-2-3-6(8-5)9-4-7/h2-3,7H,4H2,1H3. The first-order valence-corrected chi connectivity index (χ1v) is 3.61. The lowest BCUT2D eigenvalue weighted by Gasteiger charge is -1.87. The normalized spacial score (nSPS) is 10.0. The molecule has 0 aromatic carbocycles. The fraction of sp³-hybridized carbons (Fsp3) is 0.333. The van der Waals surface area contributed by atoms with Gasteiger partial charge in [0.15, 0.2) is 5.09 Å². The Morgan fingerprint density at radius 1 is 1.67 bits per heavy atom. The molecule has 0 fully saturated rings. The van der Waals surface area contributed by atoms with Crippen LogP contribution in [0.1, 0.15) is 5.76 Å². The van der Waals surface area contributed by atoms with Crippen LogP contribution in [-0.2, 0) is 0 Å². The molecular weight excluding hydrogens is 136 g/mol. The first kappa shape index (κ1) is 6.71. The van der Waals surface area contributed by atoms with E-state index in [-0.39, 0.29) is 5.94 Å². The molecule has 2 nitrogen and oxygen atoms in total. The third-order valence-corrected chi connectivity index (χ3v) is 1.56. The highest BCUT2D eigenvalue weighted by Crippen LogP contribution is 2.18. The van der Waals surface area contributed by atoms with E-state index in [1.165, 1.54) is 11.8 Å². The van der Waals surface area contributed by atoms with Crippen molar-refractivity contribution >= 4 is 11.8 Å². The molecule has 0 aliphatic heterocycles. The topological polar surface area (TPSA) is 33.4 Å². The molecule has 0 aliphatic carbocycles. The molecule has 0 spiro atoms. The minimum Gasteiger partial charge on any atom is -0.455 e. The Balaban J connectivity index is 2.61. The average molecular weight is 144 g/mol. The monoisotopic (exact) mass is 144 g/mol. The van der Waals surface area contributed by atoms with E-state index >= 15 is 0 Å². The van der Waals surface area contributed by atoms with Crippen LogP contribution >= 0.6 is 11.8 Å². The zero-order chi connectivity index (χ0) is 6.69. The number of furan rings is 1.